The van der Waals surface area contributed by atoms with Crippen molar-refractivity contribution in [2.24, 2.45) is 0 Å². The number of para-hydroxylation sites is 1. The van der Waals surface area contributed by atoms with Crippen LogP contribution in [0.4, 0.5) is 5.69 Å². The molecule has 5 nitrogen and oxygen atoms in total. The number of piperazine rings is 1. The van der Waals surface area contributed by atoms with Gasteiger partial charge in [0.25, 0.3) is 0 Å². The van der Waals surface area contributed by atoms with Crippen LogP contribution in [0.25, 0.3) is 0 Å². The summed E-state index contributed by atoms with van der Waals surface area (Å²) in [5.41, 5.74) is 0.961. The molecule has 18 heavy (non-hydrogen) atoms. The van der Waals surface area contributed by atoms with Crippen molar-refractivity contribution in [2.45, 2.75) is 18.9 Å². The summed E-state index contributed by atoms with van der Waals surface area (Å²) in [5.74, 6) is -0.965. The first-order valence-electron chi connectivity index (χ1n) is 5.99. The van der Waals surface area contributed by atoms with Gasteiger partial charge in [0.1, 0.15) is 6.04 Å². The number of nitrogens with one attached hydrogen (secondary N) is 1. The molecule has 1 aromatic carbocycles. The van der Waals surface area contributed by atoms with Crippen LogP contribution in [0.5, 0.6) is 0 Å². The monoisotopic (exact) mass is 248 g/mol. The molecule has 1 unspecified atom stereocenters. The highest BCUT2D eigenvalue weighted by Crippen LogP contribution is 2.20. The van der Waals surface area contributed by atoms with Gasteiger partial charge in [-0.25, -0.2) is 0 Å². The highest BCUT2D eigenvalue weighted by molar-refractivity contribution is 5.87. The van der Waals surface area contributed by atoms with Crippen LogP contribution in [0.2, 0.25) is 0 Å². The van der Waals surface area contributed by atoms with Gasteiger partial charge in [-0.15, -0.1) is 0 Å². The van der Waals surface area contributed by atoms with Crippen molar-refractivity contribution >= 4 is 17.6 Å². The summed E-state index contributed by atoms with van der Waals surface area (Å²) in [7, 11) is 0. The number of carboxylic acids is 1. The first-order valence-corrected chi connectivity index (χ1v) is 5.99. The van der Waals surface area contributed by atoms with Gasteiger partial charge >= 0.3 is 5.97 Å². The predicted molar refractivity (Wildman–Crippen MR) is 67.5 cm³/mol. The molecule has 0 bridgehead atoms. The van der Waals surface area contributed by atoms with E-state index in [0.717, 1.165) is 5.69 Å². The number of aliphatic carboxylic acids is 1. The van der Waals surface area contributed by atoms with Crippen molar-refractivity contribution in [3.8, 4) is 0 Å². The Morgan fingerprint density at radius 3 is 2.78 bits per heavy atom. The minimum absolute atomic E-state index is 0.00141. The van der Waals surface area contributed by atoms with E-state index in [1.54, 1.807) is 0 Å². The Kier molecular flexibility index (Phi) is 3.82. The van der Waals surface area contributed by atoms with E-state index in [1.165, 1.54) is 0 Å². The maximum atomic E-state index is 11.8. The van der Waals surface area contributed by atoms with E-state index in [4.69, 9.17) is 5.11 Å². The molecular formula is C13H16N2O3. The minimum atomic E-state index is -0.874. The topological polar surface area (TPSA) is 69.6 Å². The van der Waals surface area contributed by atoms with E-state index < -0.39 is 12.0 Å². The maximum absolute atomic E-state index is 11.8. The van der Waals surface area contributed by atoms with Crippen LogP contribution in [0.1, 0.15) is 12.8 Å². The van der Waals surface area contributed by atoms with Gasteiger partial charge in [-0.2, -0.15) is 0 Å². The van der Waals surface area contributed by atoms with E-state index >= 15 is 0 Å². The average molecular weight is 248 g/mol. The Hall–Kier alpha value is -2.04. The standard InChI is InChI=1S/C13H16N2O3/c16-12(17)7-6-11-13(18)14-8-9-15(11)10-4-2-1-3-5-10/h1-5,11H,6-9H2,(H,14,18)(H,16,17). The summed E-state index contributed by atoms with van der Waals surface area (Å²) >= 11 is 0. The fourth-order valence-corrected chi connectivity index (χ4v) is 2.19. The number of carboxylic acid groups (broad SMARTS) is 1. The Morgan fingerprint density at radius 1 is 1.39 bits per heavy atom. The van der Waals surface area contributed by atoms with Crippen molar-refractivity contribution in [1.82, 2.24) is 5.32 Å². The molecule has 0 aliphatic carbocycles. The summed E-state index contributed by atoms with van der Waals surface area (Å²) in [6, 6.07) is 9.22. The molecule has 2 N–H and O–H groups in total. The third-order valence-corrected chi connectivity index (χ3v) is 3.05. The number of nitrogens with zero attached hydrogens (tertiary/aromatic N) is 1. The number of hydrogen-bond acceptors (Lipinski definition) is 3. The minimum Gasteiger partial charge on any atom is -0.481 e. The second-order valence-corrected chi connectivity index (χ2v) is 4.27. The SMILES string of the molecule is O=C(O)CCC1C(=O)NCCN1c1ccccc1. The Bertz CT molecular complexity index is 433. The fraction of sp³-hybridized carbons (Fsp3) is 0.385. The molecule has 1 aliphatic heterocycles. The zero-order valence-corrected chi connectivity index (χ0v) is 10.0. The van der Waals surface area contributed by atoms with Crippen LogP contribution in [0.3, 0.4) is 0 Å². The second kappa shape index (κ2) is 5.53. The molecule has 1 saturated heterocycles. The van der Waals surface area contributed by atoms with Gasteiger partial charge in [0.2, 0.25) is 5.91 Å². The van der Waals surface area contributed by atoms with Gasteiger partial charge in [-0.1, -0.05) is 18.2 Å². The molecule has 5 heteroatoms. The van der Waals surface area contributed by atoms with Crippen molar-refractivity contribution in [3.63, 3.8) is 0 Å². The molecule has 0 spiro atoms. The van der Waals surface area contributed by atoms with Gasteiger partial charge in [0.05, 0.1) is 0 Å². The van der Waals surface area contributed by atoms with Crippen LogP contribution in [-0.4, -0.2) is 36.1 Å². The van der Waals surface area contributed by atoms with E-state index in [-0.39, 0.29) is 12.3 Å². The maximum Gasteiger partial charge on any atom is 0.303 e. The zero-order chi connectivity index (χ0) is 13.0. The molecule has 96 valence electrons. The quantitative estimate of drug-likeness (QED) is 0.829. The van der Waals surface area contributed by atoms with E-state index in [9.17, 15) is 9.59 Å². The summed E-state index contributed by atoms with van der Waals surface area (Å²) in [6.07, 6.45) is 0.331. The molecule has 1 aromatic rings. The van der Waals surface area contributed by atoms with Crippen LogP contribution in [0.15, 0.2) is 30.3 Å². The Balaban J connectivity index is 2.15. The summed E-state index contributed by atoms with van der Waals surface area (Å²) < 4.78 is 0. The number of carbonyl (C=O) groups excluding carboxylic acids is 1. The molecule has 0 aromatic heterocycles. The molecule has 1 fully saturated rings. The lowest BCUT2D eigenvalue weighted by molar-refractivity contribution is -0.137. The first-order chi connectivity index (χ1) is 8.68. The van der Waals surface area contributed by atoms with Gasteiger partial charge in [-0.05, 0) is 18.6 Å². The van der Waals surface area contributed by atoms with Gasteiger partial charge in [0.15, 0.2) is 0 Å². The van der Waals surface area contributed by atoms with Crippen molar-refractivity contribution in [3.05, 3.63) is 30.3 Å². The fourth-order valence-electron chi connectivity index (χ4n) is 2.19. The molecule has 1 heterocycles. The van der Waals surface area contributed by atoms with Gasteiger partial charge in [-0.3, -0.25) is 9.59 Å². The molecular weight excluding hydrogens is 232 g/mol. The lowest BCUT2D eigenvalue weighted by atomic mass is 10.1. The largest absolute Gasteiger partial charge is 0.481 e. The summed E-state index contributed by atoms with van der Waals surface area (Å²) in [5, 5.41) is 11.5. The first kappa shape index (κ1) is 12.4. The lowest BCUT2D eigenvalue weighted by Gasteiger charge is -2.36. The molecule has 1 atom stereocenters. The Labute approximate surface area is 105 Å². The molecule has 2 rings (SSSR count). The predicted octanol–water partition coefficient (Wildman–Crippen LogP) is 0.856. The number of carbonyl (C=O) groups is 2. The average Bonchev–Trinajstić information content (AvgIpc) is 2.38. The lowest BCUT2D eigenvalue weighted by Crippen LogP contribution is -2.55. The summed E-state index contributed by atoms with van der Waals surface area (Å²) in [4.78, 5) is 24.5. The number of rotatable bonds is 4. The highest BCUT2D eigenvalue weighted by Gasteiger charge is 2.29. The third kappa shape index (κ3) is 2.80. The highest BCUT2D eigenvalue weighted by atomic mass is 16.4. The zero-order valence-electron chi connectivity index (χ0n) is 10.0. The van der Waals surface area contributed by atoms with Crippen LogP contribution in [0, 0.1) is 0 Å². The van der Waals surface area contributed by atoms with Gasteiger partial charge in [0, 0.05) is 25.2 Å². The van der Waals surface area contributed by atoms with Crippen LogP contribution < -0.4 is 10.2 Å². The van der Waals surface area contributed by atoms with Crippen molar-refractivity contribution < 1.29 is 14.7 Å². The summed E-state index contributed by atoms with van der Waals surface area (Å²) in [6.45, 7) is 1.30. The number of hydrogen-bond donors (Lipinski definition) is 2. The smallest absolute Gasteiger partial charge is 0.303 e. The van der Waals surface area contributed by atoms with Crippen molar-refractivity contribution in [1.29, 1.82) is 0 Å². The van der Waals surface area contributed by atoms with Crippen LogP contribution >= 0.6 is 0 Å². The third-order valence-electron chi connectivity index (χ3n) is 3.05. The second-order valence-electron chi connectivity index (χ2n) is 4.27. The number of amides is 1. The van der Waals surface area contributed by atoms with Crippen LogP contribution in [-0.2, 0) is 9.59 Å². The Morgan fingerprint density at radius 2 is 2.11 bits per heavy atom. The van der Waals surface area contributed by atoms with Crippen molar-refractivity contribution in [2.75, 3.05) is 18.0 Å². The molecule has 1 aliphatic rings. The molecule has 0 radical (unpaired) electrons. The number of benzene rings is 1. The van der Waals surface area contributed by atoms with E-state index in [0.29, 0.717) is 19.5 Å². The number of anilines is 1. The van der Waals surface area contributed by atoms with Gasteiger partial charge < -0.3 is 15.3 Å². The molecule has 1 amide bonds. The normalized spacial score (nSPS) is 19.4. The van der Waals surface area contributed by atoms with E-state index in [1.807, 2.05) is 35.2 Å². The molecule has 0 saturated carbocycles. The van der Waals surface area contributed by atoms with E-state index in [2.05, 4.69) is 5.32 Å².